The molecule has 1 amide bonds. The van der Waals surface area contributed by atoms with Crippen molar-refractivity contribution in [1.82, 2.24) is 5.32 Å². The molecule has 1 aliphatic rings. The Morgan fingerprint density at radius 2 is 1.85 bits per heavy atom. The van der Waals surface area contributed by atoms with Crippen molar-refractivity contribution < 1.29 is 27.1 Å². The zero-order valence-electron chi connectivity index (χ0n) is 14.1. The first-order valence-electron chi connectivity index (χ1n) is 7.75. The summed E-state index contributed by atoms with van der Waals surface area (Å²) in [5.74, 6) is 0. The van der Waals surface area contributed by atoms with Gasteiger partial charge in [-0.3, -0.25) is 4.79 Å². The second-order valence-electron chi connectivity index (χ2n) is 6.42. The van der Waals surface area contributed by atoms with Crippen molar-refractivity contribution in [3.05, 3.63) is 46.9 Å². The molecular formula is C18H16FNO5S. The molecule has 0 bridgehead atoms. The summed E-state index contributed by atoms with van der Waals surface area (Å²) in [5, 5.41) is 3.42. The molecular weight excluding hydrogens is 361 g/mol. The van der Waals surface area contributed by atoms with Gasteiger partial charge in [0.05, 0.1) is 9.80 Å². The lowest BCUT2D eigenvalue weighted by molar-refractivity contribution is -0.134. The summed E-state index contributed by atoms with van der Waals surface area (Å²) in [5.41, 5.74) is -1.24. The molecule has 1 heterocycles. The average molecular weight is 377 g/mol. The van der Waals surface area contributed by atoms with E-state index in [1.54, 1.807) is 18.2 Å². The van der Waals surface area contributed by atoms with Crippen LogP contribution in [-0.2, 0) is 19.4 Å². The maximum Gasteiger partial charge on any atom is 0.408 e. The topological polar surface area (TPSA) is 89.5 Å². The Morgan fingerprint density at radius 3 is 2.54 bits per heavy atom. The number of hydrogen-bond acceptors (Lipinski definition) is 5. The van der Waals surface area contributed by atoms with Gasteiger partial charge in [0.25, 0.3) is 0 Å². The van der Waals surface area contributed by atoms with Gasteiger partial charge in [-0.1, -0.05) is 36.4 Å². The van der Waals surface area contributed by atoms with Gasteiger partial charge >= 0.3 is 12.1 Å². The Hall–Kier alpha value is -2.74. The van der Waals surface area contributed by atoms with Gasteiger partial charge in [0.15, 0.2) is 0 Å². The fourth-order valence-electron chi connectivity index (χ4n) is 2.65. The van der Waals surface area contributed by atoms with Gasteiger partial charge in [0.2, 0.25) is 9.84 Å². The van der Waals surface area contributed by atoms with Crippen molar-refractivity contribution >= 4 is 38.8 Å². The van der Waals surface area contributed by atoms with Crippen LogP contribution < -0.4 is 5.32 Å². The molecule has 0 fully saturated rings. The normalized spacial score (nSPS) is 15.3. The molecule has 0 aliphatic carbocycles. The smallest absolute Gasteiger partial charge is 0.408 e. The first kappa shape index (κ1) is 18.1. The van der Waals surface area contributed by atoms with Gasteiger partial charge in [-0.05, 0) is 30.9 Å². The molecule has 6 nitrogen and oxygen atoms in total. The minimum Gasteiger partial charge on any atom is -0.444 e. The van der Waals surface area contributed by atoms with Gasteiger partial charge in [-0.25, -0.2) is 13.2 Å². The number of carbonyl (C=O) groups excluding carboxylic acids is 2. The minimum atomic E-state index is -3.81. The monoisotopic (exact) mass is 377 g/mol. The summed E-state index contributed by atoms with van der Waals surface area (Å²) in [6.45, 7) is 1.82. The molecule has 1 N–H and O–H groups in total. The highest BCUT2D eigenvalue weighted by Gasteiger charge is 2.34. The lowest BCUT2D eigenvalue weighted by Crippen LogP contribution is -2.48. The number of ether oxygens (including phenoxy) is 1. The third-order valence-electron chi connectivity index (χ3n) is 4.09. The lowest BCUT2D eigenvalue weighted by Gasteiger charge is -2.19. The second-order valence-corrected chi connectivity index (χ2v) is 8.36. The Kier molecular flexibility index (Phi) is 4.31. The summed E-state index contributed by atoms with van der Waals surface area (Å²) in [4.78, 5) is 22.6. The van der Waals surface area contributed by atoms with Crippen LogP contribution in [0.4, 0.5) is 9.18 Å². The molecule has 2 aromatic rings. The van der Waals surface area contributed by atoms with Crippen molar-refractivity contribution in [2.45, 2.75) is 24.3 Å². The van der Waals surface area contributed by atoms with Crippen LogP contribution in [0, 0.1) is 0 Å². The maximum atomic E-state index is 12.8. The van der Waals surface area contributed by atoms with Gasteiger partial charge in [-0.15, -0.1) is 0 Å². The van der Waals surface area contributed by atoms with Gasteiger partial charge in [-0.2, -0.15) is 4.39 Å². The van der Waals surface area contributed by atoms with Crippen molar-refractivity contribution in [3.8, 4) is 0 Å². The van der Waals surface area contributed by atoms with Crippen LogP contribution in [0.15, 0.2) is 46.2 Å². The van der Waals surface area contributed by atoms with Crippen LogP contribution in [0.25, 0.3) is 16.8 Å². The molecule has 0 unspecified atom stereocenters. The molecule has 0 atom stereocenters. The van der Waals surface area contributed by atoms with E-state index in [2.05, 4.69) is 5.32 Å². The summed E-state index contributed by atoms with van der Waals surface area (Å²) < 4.78 is 43.3. The Bertz CT molecular complexity index is 1060. The predicted octanol–water partition coefficient (Wildman–Crippen LogP) is 2.97. The van der Waals surface area contributed by atoms with E-state index in [1.165, 1.54) is 19.9 Å². The van der Waals surface area contributed by atoms with E-state index >= 15 is 0 Å². The summed E-state index contributed by atoms with van der Waals surface area (Å²) in [6, 6.07) is 8.84. The zero-order valence-corrected chi connectivity index (χ0v) is 14.9. The number of fused-ring (bicyclic) bond motifs is 3. The molecule has 0 saturated heterocycles. The highest BCUT2D eigenvalue weighted by atomic mass is 32.2. The van der Waals surface area contributed by atoms with E-state index in [1.807, 2.05) is 18.2 Å². The lowest BCUT2D eigenvalue weighted by atomic mass is 10.1. The number of halogens is 1. The standard InChI is InChI=1S/C18H16FNO5S/c1-18(2,16(19)21)20-17(22)25-10-13-9-12-8-7-11-5-3-4-6-14(11)15(12)26(13,23)24/h3-9H,10H2,1-2H3,(H,20,22). The van der Waals surface area contributed by atoms with Crippen LogP contribution in [0.5, 0.6) is 0 Å². The molecule has 3 rings (SSSR count). The highest BCUT2D eigenvalue weighted by molar-refractivity contribution is 7.96. The predicted molar refractivity (Wildman–Crippen MR) is 93.8 cm³/mol. The van der Waals surface area contributed by atoms with E-state index < -0.39 is 34.1 Å². The molecule has 0 radical (unpaired) electrons. The largest absolute Gasteiger partial charge is 0.444 e. The molecule has 2 aromatic carbocycles. The van der Waals surface area contributed by atoms with Crippen LogP contribution in [0.1, 0.15) is 19.4 Å². The molecule has 1 aliphatic heterocycles. The fourth-order valence-corrected chi connectivity index (χ4v) is 4.32. The first-order chi connectivity index (χ1) is 12.1. The van der Waals surface area contributed by atoms with Crippen molar-refractivity contribution in [1.29, 1.82) is 0 Å². The van der Waals surface area contributed by atoms with E-state index in [4.69, 9.17) is 4.74 Å². The molecule has 0 spiro atoms. The quantitative estimate of drug-likeness (QED) is 0.828. The number of nitrogens with one attached hydrogen (secondary N) is 1. The molecule has 0 aromatic heterocycles. The van der Waals surface area contributed by atoms with E-state index in [0.29, 0.717) is 10.9 Å². The SMILES string of the molecule is CC(C)(NC(=O)OCC1=Cc2ccc3ccccc3c2S1(=O)=O)C(=O)F. The van der Waals surface area contributed by atoms with Crippen LogP contribution in [-0.4, -0.2) is 32.7 Å². The number of rotatable bonds is 4. The van der Waals surface area contributed by atoms with Gasteiger partial charge in [0, 0.05) is 5.39 Å². The Labute approximate surface area is 149 Å². The fraction of sp³-hybridized carbons (Fsp3) is 0.222. The second kappa shape index (κ2) is 6.21. The highest BCUT2D eigenvalue weighted by Crippen LogP contribution is 2.38. The van der Waals surface area contributed by atoms with Crippen molar-refractivity contribution in [2.24, 2.45) is 0 Å². The summed E-state index contributed by atoms with van der Waals surface area (Å²) in [6.07, 6.45) is 0.355. The van der Waals surface area contributed by atoms with Crippen LogP contribution >= 0.6 is 0 Å². The Morgan fingerprint density at radius 1 is 1.15 bits per heavy atom. The number of amides is 1. The molecule has 8 heteroatoms. The molecule has 0 saturated carbocycles. The van der Waals surface area contributed by atoms with Crippen molar-refractivity contribution in [3.63, 3.8) is 0 Å². The molecule has 26 heavy (non-hydrogen) atoms. The Balaban J connectivity index is 1.82. The number of alkyl carbamates (subject to hydrolysis) is 1. The van der Waals surface area contributed by atoms with E-state index in [0.717, 1.165) is 5.39 Å². The third kappa shape index (κ3) is 3.08. The summed E-state index contributed by atoms with van der Waals surface area (Å²) in [7, 11) is -3.81. The summed E-state index contributed by atoms with van der Waals surface area (Å²) >= 11 is 0. The maximum absolute atomic E-state index is 12.8. The first-order valence-corrected chi connectivity index (χ1v) is 9.23. The van der Waals surface area contributed by atoms with E-state index in [9.17, 15) is 22.4 Å². The number of hydrogen-bond donors (Lipinski definition) is 1. The third-order valence-corrected chi connectivity index (χ3v) is 6.01. The van der Waals surface area contributed by atoms with E-state index in [-0.39, 0.29) is 9.80 Å². The molecule has 136 valence electrons. The average Bonchev–Trinajstić information content (AvgIpc) is 2.83. The van der Waals surface area contributed by atoms with Gasteiger partial charge in [0.1, 0.15) is 12.1 Å². The number of carbonyl (C=O) groups is 2. The van der Waals surface area contributed by atoms with Gasteiger partial charge < -0.3 is 10.1 Å². The number of benzene rings is 2. The minimum absolute atomic E-state index is 0.0802. The van der Waals surface area contributed by atoms with Crippen LogP contribution in [0.3, 0.4) is 0 Å². The van der Waals surface area contributed by atoms with Crippen molar-refractivity contribution in [2.75, 3.05) is 6.61 Å². The zero-order chi connectivity index (χ0) is 19.1. The van der Waals surface area contributed by atoms with Crippen LogP contribution in [0.2, 0.25) is 0 Å². The number of sulfone groups is 1.